The summed E-state index contributed by atoms with van der Waals surface area (Å²) in [5, 5.41) is 0. The Morgan fingerprint density at radius 2 is 2.16 bits per heavy atom. The fourth-order valence-electron chi connectivity index (χ4n) is 2.48. The molecule has 98 valence electrons. The Bertz CT molecular complexity index is 598. The minimum atomic E-state index is -0.131. The Balaban J connectivity index is 1.76. The molecule has 0 radical (unpaired) electrons. The number of hydrogen-bond donors (Lipinski definition) is 0. The SMILES string of the molecule is Cc1ncc2c(n1)CCN(Cc1ccccc1F)C2. The summed E-state index contributed by atoms with van der Waals surface area (Å²) in [6.45, 7) is 4.26. The molecule has 0 saturated carbocycles. The van der Waals surface area contributed by atoms with Gasteiger partial charge in [0.15, 0.2) is 0 Å². The molecular formula is C15H16FN3. The summed E-state index contributed by atoms with van der Waals surface area (Å²) in [5.41, 5.74) is 3.05. The van der Waals surface area contributed by atoms with E-state index >= 15 is 0 Å². The van der Waals surface area contributed by atoms with Crippen LogP contribution in [0.4, 0.5) is 4.39 Å². The molecule has 3 rings (SSSR count). The topological polar surface area (TPSA) is 29.0 Å². The van der Waals surface area contributed by atoms with Gasteiger partial charge < -0.3 is 0 Å². The zero-order valence-corrected chi connectivity index (χ0v) is 10.9. The number of aromatic nitrogens is 2. The first-order chi connectivity index (χ1) is 9.22. The largest absolute Gasteiger partial charge is 0.294 e. The van der Waals surface area contributed by atoms with Crippen LogP contribution in [0.2, 0.25) is 0 Å². The van der Waals surface area contributed by atoms with Crippen LogP contribution in [-0.2, 0) is 19.5 Å². The number of nitrogens with zero attached hydrogens (tertiary/aromatic N) is 3. The summed E-state index contributed by atoms with van der Waals surface area (Å²) in [6.07, 6.45) is 2.80. The molecule has 1 aliphatic heterocycles. The molecule has 0 fully saturated rings. The van der Waals surface area contributed by atoms with Gasteiger partial charge in [-0.3, -0.25) is 4.90 Å². The molecule has 0 bridgehead atoms. The van der Waals surface area contributed by atoms with Gasteiger partial charge in [0.25, 0.3) is 0 Å². The van der Waals surface area contributed by atoms with Crippen LogP contribution in [0, 0.1) is 12.7 Å². The summed E-state index contributed by atoms with van der Waals surface area (Å²) < 4.78 is 13.6. The highest BCUT2D eigenvalue weighted by Gasteiger charge is 2.18. The van der Waals surface area contributed by atoms with E-state index in [1.54, 1.807) is 6.07 Å². The molecule has 4 heteroatoms. The van der Waals surface area contributed by atoms with Crippen LogP contribution in [-0.4, -0.2) is 21.4 Å². The van der Waals surface area contributed by atoms with Gasteiger partial charge in [0, 0.05) is 49.1 Å². The van der Waals surface area contributed by atoms with Crippen LogP contribution < -0.4 is 0 Å². The van der Waals surface area contributed by atoms with Gasteiger partial charge in [-0.05, 0) is 13.0 Å². The monoisotopic (exact) mass is 257 g/mol. The first-order valence-electron chi connectivity index (χ1n) is 6.49. The zero-order chi connectivity index (χ0) is 13.2. The second kappa shape index (κ2) is 5.05. The standard InChI is InChI=1S/C15H16FN3/c1-11-17-8-13-10-19(7-6-15(13)18-11)9-12-4-2-3-5-14(12)16/h2-5,8H,6-7,9-10H2,1H3. The number of aryl methyl sites for hydroxylation is 1. The van der Waals surface area contributed by atoms with Gasteiger partial charge in [-0.1, -0.05) is 18.2 Å². The van der Waals surface area contributed by atoms with Crippen molar-refractivity contribution in [1.82, 2.24) is 14.9 Å². The first-order valence-corrected chi connectivity index (χ1v) is 6.49. The Hall–Kier alpha value is -1.81. The van der Waals surface area contributed by atoms with Gasteiger partial charge in [0.2, 0.25) is 0 Å². The van der Waals surface area contributed by atoms with Crippen LogP contribution in [0.3, 0.4) is 0 Å². The maximum absolute atomic E-state index is 13.6. The van der Waals surface area contributed by atoms with E-state index in [-0.39, 0.29) is 5.82 Å². The summed E-state index contributed by atoms with van der Waals surface area (Å²) in [4.78, 5) is 10.9. The molecule has 2 aromatic rings. The molecule has 0 aliphatic carbocycles. The Labute approximate surface area is 112 Å². The highest BCUT2D eigenvalue weighted by atomic mass is 19.1. The van der Waals surface area contributed by atoms with Crippen molar-refractivity contribution in [3.63, 3.8) is 0 Å². The lowest BCUT2D eigenvalue weighted by Crippen LogP contribution is -2.31. The van der Waals surface area contributed by atoms with Crippen LogP contribution in [0.15, 0.2) is 30.5 Å². The van der Waals surface area contributed by atoms with Crippen molar-refractivity contribution in [3.05, 3.63) is 58.9 Å². The highest BCUT2D eigenvalue weighted by molar-refractivity contribution is 5.22. The molecule has 3 nitrogen and oxygen atoms in total. The number of benzene rings is 1. The summed E-state index contributed by atoms with van der Waals surface area (Å²) in [6, 6.07) is 6.96. The summed E-state index contributed by atoms with van der Waals surface area (Å²) in [7, 11) is 0. The van der Waals surface area contributed by atoms with E-state index in [1.165, 1.54) is 6.07 Å². The van der Waals surface area contributed by atoms with E-state index in [4.69, 9.17) is 0 Å². The van der Waals surface area contributed by atoms with Crippen molar-refractivity contribution in [3.8, 4) is 0 Å². The lowest BCUT2D eigenvalue weighted by molar-refractivity contribution is 0.239. The second-order valence-electron chi connectivity index (χ2n) is 4.94. The van der Waals surface area contributed by atoms with Crippen molar-refractivity contribution in [2.45, 2.75) is 26.4 Å². The maximum Gasteiger partial charge on any atom is 0.127 e. The quantitative estimate of drug-likeness (QED) is 0.827. The highest BCUT2D eigenvalue weighted by Crippen LogP contribution is 2.19. The molecule has 2 heterocycles. The molecule has 0 spiro atoms. The zero-order valence-electron chi connectivity index (χ0n) is 10.9. The smallest absolute Gasteiger partial charge is 0.127 e. The van der Waals surface area contributed by atoms with E-state index in [0.717, 1.165) is 42.2 Å². The van der Waals surface area contributed by atoms with Crippen LogP contribution in [0.1, 0.15) is 22.6 Å². The second-order valence-corrected chi connectivity index (χ2v) is 4.94. The van der Waals surface area contributed by atoms with Gasteiger partial charge in [0.05, 0.1) is 0 Å². The molecule has 1 aromatic heterocycles. The molecule has 1 aromatic carbocycles. The molecule has 0 atom stereocenters. The van der Waals surface area contributed by atoms with E-state index in [1.807, 2.05) is 25.3 Å². The number of rotatable bonds is 2. The Morgan fingerprint density at radius 1 is 1.32 bits per heavy atom. The van der Waals surface area contributed by atoms with Gasteiger partial charge in [-0.2, -0.15) is 0 Å². The van der Waals surface area contributed by atoms with Crippen LogP contribution in [0.5, 0.6) is 0 Å². The van der Waals surface area contributed by atoms with Crippen molar-refractivity contribution in [2.24, 2.45) is 0 Å². The van der Waals surface area contributed by atoms with E-state index < -0.39 is 0 Å². The number of halogens is 1. The average molecular weight is 257 g/mol. The van der Waals surface area contributed by atoms with Crippen LogP contribution in [0.25, 0.3) is 0 Å². The van der Waals surface area contributed by atoms with Crippen LogP contribution >= 0.6 is 0 Å². The lowest BCUT2D eigenvalue weighted by atomic mass is 10.1. The lowest BCUT2D eigenvalue weighted by Gasteiger charge is -2.28. The molecule has 19 heavy (non-hydrogen) atoms. The maximum atomic E-state index is 13.6. The van der Waals surface area contributed by atoms with Gasteiger partial charge in [-0.15, -0.1) is 0 Å². The molecular weight excluding hydrogens is 241 g/mol. The third-order valence-corrected chi connectivity index (χ3v) is 3.49. The predicted molar refractivity (Wildman–Crippen MR) is 71.0 cm³/mol. The molecule has 0 unspecified atom stereocenters. The van der Waals surface area contributed by atoms with E-state index in [9.17, 15) is 4.39 Å². The molecule has 0 saturated heterocycles. The van der Waals surface area contributed by atoms with Gasteiger partial charge in [0.1, 0.15) is 11.6 Å². The average Bonchev–Trinajstić information content (AvgIpc) is 2.41. The Kier molecular flexibility index (Phi) is 3.25. The van der Waals surface area contributed by atoms with Crippen molar-refractivity contribution < 1.29 is 4.39 Å². The number of fused-ring (bicyclic) bond motifs is 1. The normalized spacial score (nSPS) is 15.3. The summed E-state index contributed by atoms with van der Waals surface area (Å²) in [5.74, 6) is 0.690. The third-order valence-electron chi connectivity index (χ3n) is 3.49. The minimum Gasteiger partial charge on any atom is -0.294 e. The van der Waals surface area contributed by atoms with Crippen molar-refractivity contribution >= 4 is 0 Å². The number of hydrogen-bond acceptors (Lipinski definition) is 3. The predicted octanol–water partition coefficient (Wildman–Crippen LogP) is 2.48. The van der Waals surface area contributed by atoms with Gasteiger partial charge >= 0.3 is 0 Å². The fourth-order valence-corrected chi connectivity index (χ4v) is 2.48. The minimum absolute atomic E-state index is 0.131. The summed E-state index contributed by atoms with van der Waals surface area (Å²) >= 11 is 0. The molecule has 1 aliphatic rings. The van der Waals surface area contributed by atoms with Crippen molar-refractivity contribution in [1.29, 1.82) is 0 Å². The van der Waals surface area contributed by atoms with Crippen molar-refractivity contribution in [2.75, 3.05) is 6.54 Å². The van der Waals surface area contributed by atoms with E-state index in [0.29, 0.717) is 6.54 Å². The van der Waals surface area contributed by atoms with E-state index in [2.05, 4.69) is 14.9 Å². The van der Waals surface area contributed by atoms with Gasteiger partial charge in [-0.25, -0.2) is 14.4 Å². The third kappa shape index (κ3) is 2.63. The first kappa shape index (κ1) is 12.2. The molecule has 0 amide bonds. The molecule has 0 N–H and O–H groups in total. The Morgan fingerprint density at radius 3 is 3.00 bits per heavy atom. The fraction of sp³-hybridized carbons (Fsp3) is 0.333.